The van der Waals surface area contributed by atoms with Gasteiger partial charge < -0.3 is 22.1 Å². The highest BCUT2D eigenvalue weighted by Crippen LogP contribution is 2.25. The van der Waals surface area contributed by atoms with Crippen LogP contribution in [-0.4, -0.2) is 23.1 Å². The second-order valence-corrected chi connectivity index (χ2v) is 4.33. The summed E-state index contributed by atoms with van der Waals surface area (Å²) in [6, 6.07) is 7.35. The number of nitrogens with zero attached hydrogens (tertiary/aromatic N) is 2. The number of hydrogen-bond donors (Lipinski definition) is 4. The molecule has 0 unspecified atom stereocenters. The standard InChI is InChI=1S/C14H20N6/c1-3-17-13-9(15)5-7-11(19-13)12-8-6-10(16)14(20-12)18-4-2/h5-8H,3-4,15-16H2,1-2H3,(H,17,19)(H,18,20). The van der Waals surface area contributed by atoms with Crippen molar-refractivity contribution in [2.75, 3.05) is 35.2 Å². The van der Waals surface area contributed by atoms with E-state index in [4.69, 9.17) is 11.5 Å². The lowest BCUT2D eigenvalue weighted by Crippen LogP contribution is -2.06. The highest BCUT2D eigenvalue weighted by Gasteiger charge is 2.08. The fraction of sp³-hybridized carbons (Fsp3) is 0.286. The molecule has 0 fully saturated rings. The Morgan fingerprint density at radius 2 is 1.20 bits per heavy atom. The molecule has 0 saturated carbocycles. The van der Waals surface area contributed by atoms with Gasteiger partial charge in [0.2, 0.25) is 0 Å². The van der Waals surface area contributed by atoms with Crippen molar-refractivity contribution in [1.82, 2.24) is 9.97 Å². The molecule has 0 atom stereocenters. The molecule has 6 nitrogen and oxygen atoms in total. The minimum atomic E-state index is 0.623. The molecule has 0 aliphatic rings. The van der Waals surface area contributed by atoms with Gasteiger partial charge in [0.25, 0.3) is 0 Å². The second-order valence-electron chi connectivity index (χ2n) is 4.33. The summed E-state index contributed by atoms with van der Waals surface area (Å²) >= 11 is 0. The molecular weight excluding hydrogens is 252 g/mol. The topological polar surface area (TPSA) is 102 Å². The summed E-state index contributed by atoms with van der Waals surface area (Å²) in [4.78, 5) is 8.99. The predicted molar refractivity (Wildman–Crippen MR) is 84.6 cm³/mol. The van der Waals surface area contributed by atoms with Crippen LogP contribution in [0.4, 0.5) is 23.0 Å². The number of aromatic nitrogens is 2. The number of pyridine rings is 2. The van der Waals surface area contributed by atoms with Crippen LogP contribution in [0.3, 0.4) is 0 Å². The van der Waals surface area contributed by atoms with Crippen molar-refractivity contribution in [1.29, 1.82) is 0 Å². The van der Waals surface area contributed by atoms with E-state index < -0.39 is 0 Å². The van der Waals surface area contributed by atoms with Gasteiger partial charge in [0, 0.05) is 13.1 Å². The maximum Gasteiger partial charge on any atom is 0.149 e. The summed E-state index contributed by atoms with van der Waals surface area (Å²) in [6.45, 7) is 5.52. The van der Waals surface area contributed by atoms with E-state index in [-0.39, 0.29) is 0 Å². The molecule has 0 saturated heterocycles. The third-order valence-corrected chi connectivity index (χ3v) is 2.80. The third kappa shape index (κ3) is 2.90. The van der Waals surface area contributed by atoms with Crippen LogP contribution in [-0.2, 0) is 0 Å². The van der Waals surface area contributed by atoms with Crippen LogP contribution in [0.5, 0.6) is 0 Å². The van der Waals surface area contributed by atoms with Crippen molar-refractivity contribution >= 4 is 23.0 Å². The van der Waals surface area contributed by atoms with Crippen LogP contribution in [0.15, 0.2) is 24.3 Å². The van der Waals surface area contributed by atoms with Crippen molar-refractivity contribution in [2.45, 2.75) is 13.8 Å². The number of hydrogen-bond acceptors (Lipinski definition) is 6. The summed E-state index contributed by atoms with van der Waals surface area (Å²) in [5.74, 6) is 1.35. The third-order valence-electron chi connectivity index (χ3n) is 2.80. The molecule has 20 heavy (non-hydrogen) atoms. The monoisotopic (exact) mass is 272 g/mol. The summed E-state index contributed by atoms with van der Waals surface area (Å²) in [5, 5.41) is 6.27. The Hall–Kier alpha value is -2.50. The first-order chi connectivity index (χ1) is 9.65. The van der Waals surface area contributed by atoms with Crippen molar-refractivity contribution in [3.05, 3.63) is 24.3 Å². The van der Waals surface area contributed by atoms with Gasteiger partial charge in [-0.2, -0.15) is 0 Å². The van der Waals surface area contributed by atoms with Crippen LogP contribution in [0.1, 0.15) is 13.8 Å². The lowest BCUT2D eigenvalue weighted by molar-refractivity contribution is 1.14. The molecule has 106 valence electrons. The van der Waals surface area contributed by atoms with Gasteiger partial charge >= 0.3 is 0 Å². The molecule has 0 aliphatic heterocycles. The number of nitrogens with two attached hydrogens (primary N) is 2. The van der Waals surface area contributed by atoms with Crippen LogP contribution in [0, 0.1) is 0 Å². The maximum absolute atomic E-state index is 5.88. The zero-order chi connectivity index (χ0) is 14.5. The fourth-order valence-corrected chi connectivity index (χ4v) is 1.84. The smallest absolute Gasteiger partial charge is 0.149 e. The van der Waals surface area contributed by atoms with E-state index in [1.54, 1.807) is 0 Å². The normalized spacial score (nSPS) is 10.3. The van der Waals surface area contributed by atoms with Crippen LogP contribution in [0.2, 0.25) is 0 Å². The van der Waals surface area contributed by atoms with Gasteiger partial charge in [0.1, 0.15) is 11.6 Å². The van der Waals surface area contributed by atoms with E-state index in [1.165, 1.54) is 0 Å². The van der Waals surface area contributed by atoms with Crippen molar-refractivity contribution in [2.24, 2.45) is 0 Å². The van der Waals surface area contributed by atoms with Gasteiger partial charge in [-0.3, -0.25) is 0 Å². The average molecular weight is 272 g/mol. The molecule has 0 bridgehead atoms. The summed E-state index contributed by atoms with van der Waals surface area (Å²) in [5.41, 5.74) is 14.5. The first-order valence-electron chi connectivity index (χ1n) is 6.66. The molecule has 2 aromatic heterocycles. The largest absolute Gasteiger partial charge is 0.396 e. The number of nitrogen functional groups attached to an aromatic ring is 2. The van der Waals surface area contributed by atoms with Crippen molar-refractivity contribution in [3.63, 3.8) is 0 Å². The highest BCUT2D eigenvalue weighted by atomic mass is 15.0. The van der Waals surface area contributed by atoms with E-state index in [0.29, 0.717) is 23.0 Å². The Kier molecular flexibility index (Phi) is 4.24. The quantitative estimate of drug-likeness (QED) is 0.665. The van der Waals surface area contributed by atoms with Gasteiger partial charge in [-0.1, -0.05) is 0 Å². The molecule has 6 heteroatoms. The fourth-order valence-electron chi connectivity index (χ4n) is 1.84. The van der Waals surface area contributed by atoms with E-state index in [0.717, 1.165) is 24.5 Å². The average Bonchev–Trinajstić information content (AvgIpc) is 2.44. The van der Waals surface area contributed by atoms with Gasteiger partial charge in [-0.05, 0) is 38.1 Å². The summed E-state index contributed by atoms with van der Waals surface area (Å²) in [6.07, 6.45) is 0. The second kappa shape index (κ2) is 6.10. The highest BCUT2D eigenvalue weighted by molar-refractivity contribution is 5.71. The Morgan fingerprint density at radius 3 is 1.55 bits per heavy atom. The molecule has 0 amide bonds. The Bertz CT molecular complexity index is 543. The van der Waals surface area contributed by atoms with Gasteiger partial charge in [0.15, 0.2) is 0 Å². The molecule has 2 heterocycles. The lowest BCUT2D eigenvalue weighted by Gasteiger charge is -2.11. The van der Waals surface area contributed by atoms with Crippen LogP contribution in [0.25, 0.3) is 11.4 Å². The Morgan fingerprint density at radius 1 is 0.800 bits per heavy atom. The van der Waals surface area contributed by atoms with Crippen molar-refractivity contribution in [3.8, 4) is 11.4 Å². The van der Waals surface area contributed by atoms with Crippen LogP contribution >= 0.6 is 0 Å². The molecule has 2 rings (SSSR count). The number of anilines is 4. The minimum Gasteiger partial charge on any atom is -0.396 e. The molecule has 2 aromatic rings. The van der Waals surface area contributed by atoms with Gasteiger partial charge in [-0.15, -0.1) is 0 Å². The zero-order valence-corrected chi connectivity index (χ0v) is 11.8. The first-order valence-corrected chi connectivity index (χ1v) is 6.66. The van der Waals surface area contributed by atoms with Crippen molar-refractivity contribution < 1.29 is 0 Å². The molecule has 0 aliphatic carbocycles. The summed E-state index contributed by atoms with van der Waals surface area (Å²) in [7, 11) is 0. The van der Waals surface area contributed by atoms with E-state index in [2.05, 4.69) is 20.6 Å². The van der Waals surface area contributed by atoms with Gasteiger partial charge in [0.05, 0.1) is 22.8 Å². The van der Waals surface area contributed by atoms with Gasteiger partial charge in [-0.25, -0.2) is 9.97 Å². The number of rotatable bonds is 5. The van der Waals surface area contributed by atoms with E-state index in [9.17, 15) is 0 Å². The Labute approximate surface area is 118 Å². The maximum atomic E-state index is 5.88. The lowest BCUT2D eigenvalue weighted by atomic mass is 10.2. The van der Waals surface area contributed by atoms with Crippen LogP contribution < -0.4 is 22.1 Å². The molecule has 0 aromatic carbocycles. The Balaban J connectivity index is 2.40. The molecular formula is C14H20N6. The number of nitrogens with one attached hydrogen (secondary N) is 2. The molecule has 0 radical (unpaired) electrons. The van der Waals surface area contributed by atoms with E-state index in [1.807, 2.05) is 38.1 Å². The SMILES string of the molecule is CCNc1nc(-c2ccc(N)c(NCC)n2)ccc1N. The first kappa shape index (κ1) is 13.9. The molecule has 6 N–H and O–H groups in total. The minimum absolute atomic E-state index is 0.623. The van der Waals surface area contributed by atoms with E-state index >= 15 is 0 Å². The summed E-state index contributed by atoms with van der Waals surface area (Å²) < 4.78 is 0. The zero-order valence-electron chi connectivity index (χ0n) is 11.8. The predicted octanol–water partition coefficient (Wildman–Crippen LogP) is 2.17. The molecule has 0 spiro atoms.